The van der Waals surface area contributed by atoms with E-state index in [2.05, 4.69) is 4.90 Å². The van der Waals surface area contributed by atoms with Crippen LogP contribution in [0.3, 0.4) is 0 Å². The summed E-state index contributed by atoms with van der Waals surface area (Å²) in [5, 5.41) is 0. The van der Waals surface area contributed by atoms with E-state index in [1.54, 1.807) is 0 Å². The summed E-state index contributed by atoms with van der Waals surface area (Å²) >= 11 is 5.70. The second kappa shape index (κ2) is 3.35. The maximum absolute atomic E-state index is 11.2. The number of alkyl halides is 1. The average molecular weight is 188 g/mol. The van der Waals surface area contributed by atoms with Crippen molar-refractivity contribution in [2.45, 2.75) is 37.8 Å². The van der Waals surface area contributed by atoms with Crippen molar-refractivity contribution in [3.63, 3.8) is 0 Å². The van der Waals surface area contributed by atoms with Gasteiger partial charge in [-0.05, 0) is 12.8 Å². The van der Waals surface area contributed by atoms with Crippen LogP contribution in [0.1, 0.15) is 25.7 Å². The molecule has 0 aromatic rings. The van der Waals surface area contributed by atoms with Crippen LogP contribution in [0.5, 0.6) is 0 Å². The van der Waals surface area contributed by atoms with Gasteiger partial charge in [-0.15, -0.1) is 11.6 Å². The molecule has 2 heterocycles. The van der Waals surface area contributed by atoms with Gasteiger partial charge >= 0.3 is 0 Å². The molecular weight excluding hydrogens is 174 g/mol. The molecule has 0 saturated carbocycles. The highest BCUT2D eigenvalue weighted by Gasteiger charge is 2.39. The topological polar surface area (TPSA) is 20.3 Å². The van der Waals surface area contributed by atoms with Gasteiger partial charge in [0.25, 0.3) is 0 Å². The summed E-state index contributed by atoms with van der Waals surface area (Å²) in [6, 6.07) is 1.05. The van der Waals surface area contributed by atoms with Crippen LogP contribution in [0.15, 0.2) is 0 Å². The molecule has 2 unspecified atom stereocenters. The highest BCUT2D eigenvalue weighted by Crippen LogP contribution is 2.33. The predicted molar refractivity (Wildman–Crippen MR) is 48.5 cm³/mol. The molecule has 2 aliphatic rings. The molecule has 0 amide bonds. The molecule has 2 aliphatic heterocycles. The number of carbonyl (C=O) groups is 1. The molecule has 12 heavy (non-hydrogen) atoms. The Morgan fingerprint density at radius 1 is 1.33 bits per heavy atom. The van der Waals surface area contributed by atoms with Crippen molar-refractivity contribution in [1.29, 1.82) is 0 Å². The van der Waals surface area contributed by atoms with Gasteiger partial charge in [0, 0.05) is 37.4 Å². The lowest BCUT2D eigenvalue weighted by molar-refractivity contribution is -0.123. The third kappa shape index (κ3) is 1.38. The smallest absolute Gasteiger partial charge is 0.136 e. The van der Waals surface area contributed by atoms with Crippen LogP contribution in [0.2, 0.25) is 0 Å². The van der Waals surface area contributed by atoms with E-state index >= 15 is 0 Å². The Morgan fingerprint density at radius 3 is 2.42 bits per heavy atom. The molecule has 0 aromatic carbocycles. The van der Waals surface area contributed by atoms with Crippen LogP contribution in [-0.4, -0.2) is 35.2 Å². The Hall–Kier alpha value is -0.0800. The van der Waals surface area contributed by atoms with Gasteiger partial charge in [0.1, 0.15) is 5.78 Å². The van der Waals surface area contributed by atoms with E-state index in [-0.39, 0.29) is 0 Å². The van der Waals surface area contributed by atoms with Gasteiger partial charge in [-0.3, -0.25) is 9.69 Å². The van der Waals surface area contributed by atoms with E-state index < -0.39 is 0 Å². The van der Waals surface area contributed by atoms with Crippen molar-refractivity contribution in [2.24, 2.45) is 0 Å². The molecular formula is C9H14ClNO. The fourth-order valence-electron chi connectivity index (χ4n) is 2.52. The van der Waals surface area contributed by atoms with Gasteiger partial charge < -0.3 is 0 Å². The lowest BCUT2D eigenvalue weighted by atomic mass is 10.0. The minimum absolute atomic E-state index is 0.452. The summed E-state index contributed by atoms with van der Waals surface area (Å²) in [6.07, 6.45) is 3.95. The molecule has 0 aromatic heterocycles. The fraction of sp³-hybridized carbons (Fsp3) is 0.889. The standard InChI is InChI=1S/C9H14ClNO/c10-3-4-11-7-1-2-8(11)6-9(12)5-7/h7-8H,1-6H2. The quantitative estimate of drug-likeness (QED) is 0.610. The first-order valence-corrected chi connectivity index (χ1v) is 5.18. The van der Waals surface area contributed by atoms with Crippen molar-refractivity contribution < 1.29 is 4.79 Å². The third-order valence-electron chi connectivity index (χ3n) is 3.04. The molecule has 2 saturated heterocycles. The molecule has 68 valence electrons. The largest absolute Gasteiger partial charge is 0.300 e. The lowest BCUT2D eigenvalue weighted by Gasteiger charge is -2.33. The maximum atomic E-state index is 11.2. The number of piperidine rings is 1. The van der Waals surface area contributed by atoms with E-state index in [9.17, 15) is 4.79 Å². The molecule has 2 fully saturated rings. The fourth-order valence-corrected chi connectivity index (χ4v) is 2.72. The highest BCUT2D eigenvalue weighted by molar-refractivity contribution is 6.18. The lowest BCUT2D eigenvalue weighted by Crippen LogP contribution is -2.43. The molecule has 2 atom stereocenters. The Morgan fingerprint density at radius 2 is 1.92 bits per heavy atom. The third-order valence-corrected chi connectivity index (χ3v) is 3.21. The van der Waals surface area contributed by atoms with Gasteiger partial charge in [0.15, 0.2) is 0 Å². The zero-order valence-electron chi connectivity index (χ0n) is 7.13. The summed E-state index contributed by atoms with van der Waals surface area (Å²) in [4.78, 5) is 13.6. The Labute approximate surface area is 77.9 Å². The van der Waals surface area contributed by atoms with Gasteiger partial charge in [0.2, 0.25) is 0 Å². The van der Waals surface area contributed by atoms with Gasteiger partial charge in [0.05, 0.1) is 0 Å². The first-order chi connectivity index (χ1) is 5.81. The van der Waals surface area contributed by atoms with Crippen LogP contribution >= 0.6 is 11.6 Å². The highest BCUT2D eigenvalue weighted by atomic mass is 35.5. The van der Waals surface area contributed by atoms with Crippen LogP contribution in [0, 0.1) is 0 Å². The minimum Gasteiger partial charge on any atom is -0.300 e. The predicted octanol–water partition coefficient (Wildman–Crippen LogP) is 1.42. The molecule has 2 rings (SSSR count). The maximum Gasteiger partial charge on any atom is 0.136 e. The number of ketones is 1. The zero-order chi connectivity index (χ0) is 8.55. The van der Waals surface area contributed by atoms with Crippen LogP contribution < -0.4 is 0 Å². The number of rotatable bonds is 2. The first-order valence-electron chi connectivity index (χ1n) is 4.64. The number of hydrogen-bond acceptors (Lipinski definition) is 2. The molecule has 2 nitrogen and oxygen atoms in total. The van der Waals surface area contributed by atoms with E-state index in [0.717, 1.165) is 19.4 Å². The van der Waals surface area contributed by atoms with Crippen LogP contribution in [-0.2, 0) is 4.79 Å². The zero-order valence-corrected chi connectivity index (χ0v) is 7.89. The summed E-state index contributed by atoms with van der Waals surface area (Å²) < 4.78 is 0. The van der Waals surface area contributed by atoms with Crippen molar-refractivity contribution in [3.05, 3.63) is 0 Å². The molecule has 0 spiro atoms. The second-order valence-corrected chi connectivity index (χ2v) is 4.14. The van der Waals surface area contributed by atoms with Crippen LogP contribution in [0.25, 0.3) is 0 Å². The molecule has 0 aliphatic carbocycles. The summed E-state index contributed by atoms with van der Waals surface area (Å²) in [6.45, 7) is 0.962. The van der Waals surface area contributed by atoms with Gasteiger partial charge in [-0.2, -0.15) is 0 Å². The summed E-state index contributed by atoms with van der Waals surface area (Å²) in [5.41, 5.74) is 0. The summed E-state index contributed by atoms with van der Waals surface area (Å²) in [5.74, 6) is 1.15. The van der Waals surface area contributed by atoms with Gasteiger partial charge in [-0.25, -0.2) is 0 Å². The summed E-state index contributed by atoms with van der Waals surface area (Å²) in [7, 11) is 0. The number of fused-ring (bicyclic) bond motifs is 2. The monoisotopic (exact) mass is 187 g/mol. The van der Waals surface area contributed by atoms with Crippen molar-refractivity contribution in [3.8, 4) is 0 Å². The Bertz CT molecular complexity index is 179. The Balaban J connectivity index is 2.04. The molecule has 0 N–H and O–H groups in total. The average Bonchev–Trinajstić information content (AvgIpc) is 2.32. The first kappa shape index (κ1) is 8.52. The van der Waals surface area contributed by atoms with Crippen molar-refractivity contribution >= 4 is 17.4 Å². The van der Waals surface area contributed by atoms with Crippen LogP contribution in [0.4, 0.5) is 0 Å². The molecule has 0 radical (unpaired) electrons. The van der Waals surface area contributed by atoms with Crippen molar-refractivity contribution in [1.82, 2.24) is 4.90 Å². The minimum atomic E-state index is 0.452. The number of nitrogens with zero attached hydrogens (tertiary/aromatic N) is 1. The number of carbonyl (C=O) groups excluding carboxylic acids is 1. The SMILES string of the molecule is O=C1CC2CCC(C1)N2CCCl. The second-order valence-electron chi connectivity index (χ2n) is 3.76. The number of Topliss-reactive ketones (excluding diaryl/α,β-unsaturated/α-hetero) is 1. The molecule has 2 bridgehead atoms. The Kier molecular flexibility index (Phi) is 2.37. The molecule has 3 heteroatoms. The van der Waals surface area contributed by atoms with E-state index in [4.69, 9.17) is 11.6 Å². The van der Waals surface area contributed by atoms with E-state index in [1.807, 2.05) is 0 Å². The number of halogens is 1. The number of hydrogen-bond donors (Lipinski definition) is 0. The van der Waals surface area contributed by atoms with E-state index in [0.29, 0.717) is 23.7 Å². The van der Waals surface area contributed by atoms with Gasteiger partial charge in [-0.1, -0.05) is 0 Å². The van der Waals surface area contributed by atoms with E-state index in [1.165, 1.54) is 12.8 Å². The normalized spacial score (nSPS) is 35.9. The van der Waals surface area contributed by atoms with Crippen molar-refractivity contribution in [2.75, 3.05) is 12.4 Å².